The van der Waals surface area contributed by atoms with Crippen molar-refractivity contribution < 1.29 is 9.53 Å². The van der Waals surface area contributed by atoms with Gasteiger partial charge in [0.05, 0.1) is 6.61 Å². The summed E-state index contributed by atoms with van der Waals surface area (Å²) in [5, 5.41) is 0.682. The SMILES string of the molecule is CCN(Cc1ccccc1Cl)C(=O)c1cccc(COC)c1. The first kappa shape index (κ1) is 16.5. The van der Waals surface area contributed by atoms with Crippen LogP contribution < -0.4 is 0 Å². The lowest BCUT2D eigenvalue weighted by Gasteiger charge is -2.22. The van der Waals surface area contributed by atoms with Gasteiger partial charge in [-0.05, 0) is 36.2 Å². The summed E-state index contributed by atoms with van der Waals surface area (Å²) in [5.74, 6) is 0.000345. The van der Waals surface area contributed by atoms with Gasteiger partial charge in [0.2, 0.25) is 0 Å². The van der Waals surface area contributed by atoms with Crippen LogP contribution in [0.1, 0.15) is 28.4 Å². The standard InChI is InChI=1S/C18H20ClNO2/c1-3-20(12-16-8-4-5-10-17(16)19)18(21)15-9-6-7-14(11-15)13-22-2/h4-11H,3,12-13H2,1-2H3. The van der Waals surface area contributed by atoms with Gasteiger partial charge < -0.3 is 9.64 Å². The van der Waals surface area contributed by atoms with E-state index in [-0.39, 0.29) is 5.91 Å². The molecule has 0 aliphatic heterocycles. The minimum Gasteiger partial charge on any atom is -0.380 e. The average Bonchev–Trinajstić information content (AvgIpc) is 2.54. The number of hydrogen-bond acceptors (Lipinski definition) is 2. The molecule has 2 aromatic rings. The van der Waals surface area contributed by atoms with Gasteiger partial charge >= 0.3 is 0 Å². The molecule has 0 aliphatic rings. The summed E-state index contributed by atoms with van der Waals surface area (Å²) in [7, 11) is 1.64. The summed E-state index contributed by atoms with van der Waals surface area (Å²) in [4.78, 5) is 14.5. The fourth-order valence-electron chi connectivity index (χ4n) is 2.30. The highest BCUT2D eigenvalue weighted by atomic mass is 35.5. The van der Waals surface area contributed by atoms with Crippen molar-refractivity contribution >= 4 is 17.5 Å². The molecular formula is C18H20ClNO2. The summed E-state index contributed by atoms with van der Waals surface area (Å²) >= 11 is 6.19. The molecule has 22 heavy (non-hydrogen) atoms. The molecule has 0 fully saturated rings. The molecule has 0 N–H and O–H groups in total. The van der Waals surface area contributed by atoms with Gasteiger partial charge in [0.15, 0.2) is 0 Å². The van der Waals surface area contributed by atoms with Gasteiger partial charge in [0.25, 0.3) is 5.91 Å². The minimum absolute atomic E-state index is 0.000345. The zero-order chi connectivity index (χ0) is 15.9. The molecule has 3 nitrogen and oxygen atoms in total. The molecule has 4 heteroatoms. The normalized spacial score (nSPS) is 10.5. The monoisotopic (exact) mass is 317 g/mol. The second kappa shape index (κ2) is 7.97. The first-order chi connectivity index (χ1) is 10.7. The van der Waals surface area contributed by atoms with E-state index in [9.17, 15) is 4.79 Å². The Morgan fingerprint density at radius 2 is 1.95 bits per heavy atom. The lowest BCUT2D eigenvalue weighted by Crippen LogP contribution is -2.30. The third kappa shape index (κ3) is 4.09. The van der Waals surface area contributed by atoms with Crippen LogP contribution in [0.3, 0.4) is 0 Å². The molecule has 0 heterocycles. The molecule has 0 saturated heterocycles. The summed E-state index contributed by atoms with van der Waals surface area (Å²) < 4.78 is 5.12. The molecule has 2 aromatic carbocycles. The van der Waals surface area contributed by atoms with Gasteiger partial charge in [-0.1, -0.05) is 41.9 Å². The Morgan fingerprint density at radius 3 is 2.64 bits per heavy atom. The van der Waals surface area contributed by atoms with Gasteiger partial charge in [-0.15, -0.1) is 0 Å². The van der Waals surface area contributed by atoms with Crippen LogP contribution in [0.5, 0.6) is 0 Å². The van der Waals surface area contributed by atoms with Crippen LogP contribution in [0.15, 0.2) is 48.5 Å². The quantitative estimate of drug-likeness (QED) is 0.801. The van der Waals surface area contributed by atoms with E-state index < -0.39 is 0 Å². The maximum atomic E-state index is 12.7. The molecule has 0 aromatic heterocycles. The Morgan fingerprint density at radius 1 is 1.18 bits per heavy atom. The van der Waals surface area contributed by atoms with Crippen LogP contribution in [0.2, 0.25) is 5.02 Å². The number of nitrogens with zero attached hydrogens (tertiary/aromatic N) is 1. The van der Waals surface area contributed by atoms with Crippen molar-refractivity contribution in [2.24, 2.45) is 0 Å². The van der Waals surface area contributed by atoms with Crippen molar-refractivity contribution in [3.05, 3.63) is 70.2 Å². The van der Waals surface area contributed by atoms with Crippen molar-refractivity contribution in [3.63, 3.8) is 0 Å². The van der Waals surface area contributed by atoms with Crippen LogP contribution in [-0.4, -0.2) is 24.5 Å². The van der Waals surface area contributed by atoms with Gasteiger partial charge in [-0.3, -0.25) is 4.79 Å². The molecule has 0 atom stereocenters. The lowest BCUT2D eigenvalue weighted by atomic mass is 10.1. The van der Waals surface area contributed by atoms with Gasteiger partial charge in [0.1, 0.15) is 0 Å². The largest absolute Gasteiger partial charge is 0.380 e. The topological polar surface area (TPSA) is 29.5 Å². The zero-order valence-electron chi connectivity index (χ0n) is 12.9. The van der Waals surface area contributed by atoms with Crippen LogP contribution in [0.4, 0.5) is 0 Å². The second-order valence-corrected chi connectivity index (χ2v) is 5.45. The van der Waals surface area contributed by atoms with Crippen LogP contribution in [-0.2, 0) is 17.9 Å². The van der Waals surface area contributed by atoms with Crippen LogP contribution >= 0.6 is 11.6 Å². The smallest absolute Gasteiger partial charge is 0.254 e. The fraction of sp³-hybridized carbons (Fsp3) is 0.278. The van der Waals surface area contributed by atoms with Gasteiger partial charge in [0, 0.05) is 30.8 Å². The number of carbonyl (C=O) groups excluding carboxylic acids is 1. The number of amides is 1. The Kier molecular flexibility index (Phi) is 5.99. The third-order valence-corrected chi connectivity index (χ3v) is 3.84. The minimum atomic E-state index is 0.000345. The molecular weight excluding hydrogens is 298 g/mol. The third-order valence-electron chi connectivity index (χ3n) is 3.47. The molecule has 0 radical (unpaired) electrons. The van der Waals surface area contributed by atoms with E-state index in [4.69, 9.17) is 16.3 Å². The molecule has 0 bridgehead atoms. The molecule has 1 amide bonds. The Bertz CT molecular complexity index is 642. The van der Waals surface area contributed by atoms with E-state index in [1.807, 2.05) is 55.5 Å². The average molecular weight is 318 g/mol. The zero-order valence-corrected chi connectivity index (χ0v) is 13.6. The second-order valence-electron chi connectivity index (χ2n) is 5.04. The number of rotatable bonds is 6. The first-order valence-corrected chi connectivity index (χ1v) is 7.64. The highest BCUT2D eigenvalue weighted by Crippen LogP contribution is 2.18. The highest BCUT2D eigenvalue weighted by Gasteiger charge is 2.16. The predicted octanol–water partition coefficient (Wildman–Crippen LogP) is 4.15. The van der Waals surface area contributed by atoms with Crippen LogP contribution in [0.25, 0.3) is 0 Å². The lowest BCUT2D eigenvalue weighted by molar-refractivity contribution is 0.0752. The predicted molar refractivity (Wildman–Crippen MR) is 89.0 cm³/mol. The Labute approximate surface area is 136 Å². The maximum Gasteiger partial charge on any atom is 0.254 e. The van der Waals surface area contributed by atoms with E-state index in [1.165, 1.54) is 0 Å². The first-order valence-electron chi connectivity index (χ1n) is 7.26. The van der Waals surface area contributed by atoms with Crippen molar-refractivity contribution in [2.75, 3.05) is 13.7 Å². The van der Waals surface area contributed by atoms with E-state index in [0.29, 0.717) is 30.3 Å². The van der Waals surface area contributed by atoms with Crippen molar-refractivity contribution in [1.29, 1.82) is 0 Å². The Balaban J connectivity index is 2.18. The van der Waals surface area contributed by atoms with E-state index in [1.54, 1.807) is 12.0 Å². The number of ether oxygens (including phenoxy) is 1. The van der Waals surface area contributed by atoms with Crippen LogP contribution in [0, 0.1) is 0 Å². The number of methoxy groups -OCH3 is 1. The summed E-state index contributed by atoms with van der Waals surface area (Å²) in [6.45, 7) is 3.59. The maximum absolute atomic E-state index is 12.7. The molecule has 0 unspecified atom stereocenters. The van der Waals surface area contributed by atoms with E-state index >= 15 is 0 Å². The number of hydrogen-bond donors (Lipinski definition) is 0. The number of benzene rings is 2. The van der Waals surface area contributed by atoms with Gasteiger partial charge in [-0.25, -0.2) is 0 Å². The highest BCUT2D eigenvalue weighted by molar-refractivity contribution is 6.31. The van der Waals surface area contributed by atoms with Crippen molar-refractivity contribution in [1.82, 2.24) is 4.90 Å². The number of halogens is 1. The van der Waals surface area contributed by atoms with Crippen molar-refractivity contribution in [3.8, 4) is 0 Å². The summed E-state index contributed by atoms with van der Waals surface area (Å²) in [5.41, 5.74) is 2.61. The van der Waals surface area contributed by atoms with E-state index in [2.05, 4.69) is 0 Å². The van der Waals surface area contributed by atoms with Gasteiger partial charge in [-0.2, -0.15) is 0 Å². The molecule has 116 valence electrons. The van der Waals surface area contributed by atoms with Crippen molar-refractivity contribution in [2.45, 2.75) is 20.1 Å². The fourth-order valence-corrected chi connectivity index (χ4v) is 2.50. The Hall–Kier alpha value is -1.84. The number of carbonyl (C=O) groups is 1. The molecule has 2 rings (SSSR count). The van der Waals surface area contributed by atoms with E-state index in [0.717, 1.165) is 11.1 Å². The molecule has 0 aliphatic carbocycles. The summed E-state index contributed by atoms with van der Waals surface area (Å²) in [6, 6.07) is 15.1. The summed E-state index contributed by atoms with van der Waals surface area (Å²) in [6.07, 6.45) is 0. The molecule has 0 spiro atoms. The molecule has 0 saturated carbocycles.